The van der Waals surface area contributed by atoms with Gasteiger partial charge in [-0.1, -0.05) is 44.2 Å². The van der Waals surface area contributed by atoms with Crippen LogP contribution in [0.4, 0.5) is 4.79 Å². The van der Waals surface area contributed by atoms with Crippen LogP contribution in [0.25, 0.3) is 0 Å². The van der Waals surface area contributed by atoms with Gasteiger partial charge in [0.1, 0.15) is 17.7 Å². The molecular weight excluding hydrogens is 348 g/mol. The van der Waals surface area contributed by atoms with Crippen molar-refractivity contribution in [3.63, 3.8) is 0 Å². The number of nitrogens with one attached hydrogen (secondary N) is 2. The zero-order valence-corrected chi connectivity index (χ0v) is 16.6. The summed E-state index contributed by atoms with van der Waals surface area (Å²) in [5.41, 5.74) is 0.128. The van der Waals surface area contributed by atoms with E-state index in [9.17, 15) is 19.5 Å². The molecule has 150 valence electrons. The Morgan fingerprint density at radius 3 is 2.11 bits per heavy atom. The van der Waals surface area contributed by atoms with Crippen molar-refractivity contribution >= 4 is 18.0 Å². The average Bonchev–Trinajstić information content (AvgIpc) is 2.52. The van der Waals surface area contributed by atoms with E-state index < -0.39 is 35.7 Å². The predicted molar refractivity (Wildman–Crippen MR) is 102 cm³/mol. The normalized spacial score (nSPS) is 13.6. The summed E-state index contributed by atoms with van der Waals surface area (Å²) in [6.07, 6.45) is -0.208. The van der Waals surface area contributed by atoms with Crippen molar-refractivity contribution in [2.24, 2.45) is 5.92 Å². The third-order valence-electron chi connectivity index (χ3n) is 3.61. The first-order valence-corrected chi connectivity index (χ1v) is 9.04. The topological polar surface area (TPSA) is 105 Å². The highest BCUT2D eigenvalue weighted by molar-refractivity contribution is 5.89. The molecule has 2 amide bonds. The number of alkyl carbamates (subject to hydrolysis) is 1. The van der Waals surface area contributed by atoms with Crippen LogP contribution in [0.2, 0.25) is 0 Å². The van der Waals surface area contributed by atoms with Crippen molar-refractivity contribution in [3.05, 3.63) is 35.9 Å². The molecule has 1 rings (SSSR count). The molecule has 0 fully saturated rings. The van der Waals surface area contributed by atoms with Gasteiger partial charge in [-0.15, -0.1) is 0 Å². The minimum Gasteiger partial charge on any atom is -0.480 e. The molecule has 0 heterocycles. The zero-order chi connectivity index (χ0) is 20.6. The van der Waals surface area contributed by atoms with Gasteiger partial charge in [0, 0.05) is 6.42 Å². The summed E-state index contributed by atoms with van der Waals surface area (Å²) < 4.78 is 5.23. The van der Waals surface area contributed by atoms with Crippen molar-refractivity contribution < 1.29 is 24.2 Å². The molecule has 7 heteroatoms. The summed E-state index contributed by atoms with van der Waals surface area (Å²) in [4.78, 5) is 36.3. The summed E-state index contributed by atoms with van der Waals surface area (Å²) in [5.74, 6) is -1.57. The van der Waals surface area contributed by atoms with E-state index >= 15 is 0 Å². The number of carboxylic acid groups (broad SMARTS) is 1. The Morgan fingerprint density at radius 1 is 1.04 bits per heavy atom. The van der Waals surface area contributed by atoms with Crippen molar-refractivity contribution in [1.82, 2.24) is 10.6 Å². The van der Waals surface area contributed by atoms with Crippen LogP contribution in [0.1, 0.15) is 46.6 Å². The van der Waals surface area contributed by atoms with E-state index in [1.807, 2.05) is 44.2 Å². The number of amides is 2. The maximum absolute atomic E-state index is 12.7. The van der Waals surface area contributed by atoms with E-state index in [0.29, 0.717) is 6.42 Å². The Morgan fingerprint density at radius 2 is 1.63 bits per heavy atom. The molecular formula is C20H30N2O5. The van der Waals surface area contributed by atoms with Gasteiger partial charge in [0.15, 0.2) is 0 Å². The fourth-order valence-electron chi connectivity index (χ4n) is 2.47. The molecule has 0 unspecified atom stereocenters. The maximum atomic E-state index is 12.7. The second kappa shape index (κ2) is 9.94. The van der Waals surface area contributed by atoms with Gasteiger partial charge in [-0.25, -0.2) is 9.59 Å². The van der Waals surface area contributed by atoms with E-state index in [0.717, 1.165) is 5.56 Å². The van der Waals surface area contributed by atoms with E-state index in [1.54, 1.807) is 20.8 Å². The molecule has 3 N–H and O–H groups in total. The standard InChI is InChI=1S/C20H30N2O5/c1-13(2)11-16(18(24)25)21-17(23)15(12-14-9-7-6-8-10-14)22-19(26)27-20(3,4)5/h6-10,13,15-16H,11-12H2,1-5H3,(H,21,23)(H,22,26)(H,24,25)/t15-,16-/m0/s1. The van der Waals surface area contributed by atoms with Gasteiger partial charge in [-0.3, -0.25) is 4.79 Å². The third-order valence-corrected chi connectivity index (χ3v) is 3.61. The van der Waals surface area contributed by atoms with Gasteiger partial charge in [0.2, 0.25) is 5.91 Å². The maximum Gasteiger partial charge on any atom is 0.408 e. The van der Waals surface area contributed by atoms with E-state index in [1.165, 1.54) is 0 Å². The number of rotatable bonds is 8. The second-order valence-electron chi connectivity index (χ2n) is 7.92. The molecule has 0 aliphatic heterocycles. The van der Waals surface area contributed by atoms with Crippen LogP contribution in [0.3, 0.4) is 0 Å². The number of carboxylic acids is 1. The zero-order valence-electron chi connectivity index (χ0n) is 16.6. The molecule has 0 aliphatic rings. The summed E-state index contributed by atoms with van der Waals surface area (Å²) in [6, 6.07) is 7.21. The number of hydrogen-bond donors (Lipinski definition) is 3. The molecule has 27 heavy (non-hydrogen) atoms. The summed E-state index contributed by atoms with van der Waals surface area (Å²) in [6.45, 7) is 8.93. The van der Waals surface area contributed by atoms with Crippen molar-refractivity contribution in [1.29, 1.82) is 0 Å². The lowest BCUT2D eigenvalue weighted by Gasteiger charge is -2.25. The van der Waals surface area contributed by atoms with Gasteiger partial charge < -0.3 is 20.5 Å². The van der Waals surface area contributed by atoms with Gasteiger partial charge in [0.05, 0.1) is 0 Å². The largest absolute Gasteiger partial charge is 0.480 e. The molecule has 0 radical (unpaired) electrons. The van der Waals surface area contributed by atoms with Crippen molar-refractivity contribution in [2.45, 2.75) is 65.1 Å². The van der Waals surface area contributed by atoms with Crippen LogP contribution >= 0.6 is 0 Å². The molecule has 0 spiro atoms. The number of carbonyl (C=O) groups excluding carboxylic acids is 2. The van der Waals surface area contributed by atoms with Crippen LogP contribution in [-0.4, -0.2) is 40.8 Å². The van der Waals surface area contributed by atoms with Crippen molar-refractivity contribution in [3.8, 4) is 0 Å². The van der Waals surface area contributed by atoms with Crippen molar-refractivity contribution in [2.75, 3.05) is 0 Å². The molecule has 1 aromatic rings. The lowest BCUT2D eigenvalue weighted by molar-refractivity contribution is -0.142. The molecule has 1 aromatic carbocycles. The molecule has 0 aromatic heterocycles. The van der Waals surface area contributed by atoms with E-state index in [2.05, 4.69) is 10.6 Å². The fraction of sp³-hybridized carbons (Fsp3) is 0.550. The van der Waals surface area contributed by atoms with Gasteiger partial charge in [-0.2, -0.15) is 0 Å². The highest BCUT2D eigenvalue weighted by atomic mass is 16.6. The third kappa shape index (κ3) is 9.08. The molecule has 7 nitrogen and oxygen atoms in total. The number of hydrogen-bond acceptors (Lipinski definition) is 4. The van der Waals surface area contributed by atoms with Crippen LogP contribution in [0, 0.1) is 5.92 Å². The Hall–Kier alpha value is -2.57. The Bertz CT molecular complexity index is 638. The fourth-order valence-corrected chi connectivity index (χ4v) is 2.47. The van der Waals surface area contributed by atoms with Gasteiger partial charge >= 0.3 is 12.1 Å². The molecule has 2 atom stereocenters. The smallest absolute Gasteiger partial charge is 0.408 e. The van der Waals surface area contributed by atoms with E-state index in [4.69, 9.17) is 4.74 Å². The monoisotopic (exact) mass is 378 g/mol. The number of ether oxygens (including phenoxy) is 1. The predicted octanol–water partition coefficient (Wildman–Crippen LogP) is 2.74. The van der Waals surface area contributed by atoms with Crippen LogP contribution in [0.5, 0.6) is 0 Å². The Balaban J connectivity index is 2.92. The summed E-state index contributed by atoms with van der Waals surface area (Å²) in [7, 11) is 0. The highest BCUT2D eigenvalue weighted by Crippen LogP contribution is 2.10. The van der Waals surface area contributed by atoms with Crippen LogP contribution < -0.4 is 10.6 Å². The average molecular weight is 378 g/mol. The Kier molecular flexibility index (Phi) is 8.28. The first kappa shape index (κ1) is 22.5. The van der Waals surface area contributed by atoms with Gasteiger partial charge in [-0.05, 0) is 38.7 Å². The quantitative estimate of drug-likeness (QED) is 0.645. The molecule has 0 saturated heterocycles. The summed E-state index contributed by atoms with van der Waals surface area (Å²) in [5, 5.41) is 14.4. The first-order valence-electron chi connectivity index (χ1n) is 9.04. The molecule has 0 aliphatic carbocycles. The SMILES string of the molecule is CC(C)C[C@H](NC(=O)[C@H](Cc1ccccc1)NC(=O)OC(C)(C)C)C(=O)O. The number of carbonyl (C=O) groups is 3. The van der Waals surface area contributed by atoms with Crippen LogP contribution in [-0.2, 0) is 20.7 Å². The number of aliphatic carboxylic acids is 1. The number of benzene rings is 1. The Labute approximate surface area is 160 Å². The minimum atomic E-state index is -1.10. The first-order chi connectivity index (χ1) is 12.5. The summed E-state index contributed by atoms with van der Waals surface area (Å²) >= 11 is 0. The lowest BCUT2D eigenvalue weighted by Crippen LogP contribution is -2.53. The van der Waals surface area contributed by atoms with Gasteiger partial charge in [0.25, 0.3) is 0 Å². The molecule has 0 saturated carbocycles. The lowest BCUT2D eigenvalue weighted by atomic mass is 10.0. The van der Waals surface area contributed by atoms with E-state index in [-0.39, 0.29) is 12.3 Å². The second-order valence-corrected chi connectivity index (χ2v) is 7.92. The van der Waals surface area contributed by atoms with Crippen LogP contribution in [0.15, 0.2) is 30.3 Å². The minimum absolute atomic E-state index is 0.0952. The highest BCUT2D eigenvalue weighted by Gasteiger charge is 2.28. The molecule has 0 bridgehead atoms.